The van der Waals surface area contributed by atoms with Crippen molar-refractivity contribution in [2.75, 3.05) is 0 Å². The van der Waals surface area contributed by atoms with Gasteiger partial charge in [-0.05, 0) is 5.92 Å². The van der Waals surface area contributed by atoms with Crippen LogP contribution in [-0.2, 0) is 0 Å². The summed E-state index contributed by atoms with van der Waals surface area (Å²) in [7, 11) is 0. The average molecular weight is 140 g/mol. The van der Waals surface area contributed by atoms with Gasteiger partial charge in [0.2, 0.25) is 0 Å². The molecule has 1 heterocycles. The van der Waals surface area contributed by atoms with Crippen LogP contribution in [0.15, 0.2) is 16.8 Å². The second kappa shape index (κ2) is 2.86. The zero-order valence-corrected chi connectivity index (χ0v) is 6.59. The fourth-order valence-electron chi connectivity index (χ4n) is 0.748. The molecule has 0 fully saturated rings. The average Bonchev–Trinajstić information content (AvgIpc) is 2.34. The molecule has 1 atom stereocenters. The zero-order valence-electron chi connectivity index (χ0n) is 7.59. The summed E-state index contributed by atoms with van der Waals surface area (Å²) in [5.41, 5.74) is 0.880. The lowest BCUT2D eigenvalue weighted by Crippen LogP contribution is -2.01. The molecule has 0 N–H and O–H groups in total. The smallest absolute Gasteiger partial charge is 0.124 e. The van der Waals surface area contributed by atoms with E-state index in [2.05, 4.69) is 30.5 Å². The van der Waals surface area contributed by atoms with Gasteiger partial charge < -0.3 is 4.52 Å². The first kappa shape index (κ1) is 5.96. The second-order valence-corrected chi connectivity index (χ2v) is 2.90. The molecule has 0 bridgehead atoms. The third-order valence-corrected chi connectivity index (χ3v) is 1.88. The van der Waals surface area contributed by atoms with Gasteiger partial charge in [-0.2, -0.15) is 0 Å². The van der Waals surface area contributed by atoms with Crippen LogP contribution in [0.4, 0.5) is 0 Å². The van der Waals surface area contributed by atoms with E-state index in [0.717, 1.165) is 5.69 Å². The van der Waals surface area contributed by atoms with E-state index >= 15 is 0 Å². The van der Waals surface area contributed by atoms with Gasteiger partial charge in [0.1, 0.15) is 7.61 Å². The minimum absolute atomic E-state index is 0.146. The first-order valence-electron chi connectivity index (χ1n) is 4.04. The molecule has 0 aliphatic rings. The predicted molar refractivity (Wildman–Crippen MR) is 39.8 cm³/mol. The monoisotopic (exact) mass is 140 g/mol. The van der Waals surface area contributed by atoms with Crippen molar-refractivity contribution in [3.63, 3.8) is 0 Å². The molecule has 0 aliphatic carbocycles. The van der Waals surface area contributed by atoms with Gasteiger partial charge >= 0.3 is 0 Å². The Morgan fingerprint density at radius 3 is 2.70 bits per heavy atom. The second-order valence-electron chi connectivity index (χ2n) is 2.90. The molecule has 56 valence electrons. The molecule has 1 rings (SSSR count). The Morgan fingerprint density at radius 2 is 2.30 bits per heavy atom. The van der Waals surface area contributed by atoms with E-state index in [1.807, 2.05) is 0 Å². The van der Waals surface area contributed by atoms with Crippen LogP contribution in [0.25, 0.3) is 0 Å². The molecule has 1 aromatic rings. The molecule has 0 saturated carbocycles. The van der Waals surface area contributed by atoms with E-state index in [1.54, 1.807) is 6.07 Å². The Labute approximate surface area is 62.6 Å². The molecule has 0 spiro atoms. The Hall–Kier alpha value is -0.790. The summed E-state index contributed by atoms with van der Waals surface area (Å²) in [5.74, 6) is 0.914. The highest BCUT2D eigenvalue weighted by atomic mass is 16.5. The van der Waals surface area contributed by atoms with Gasteiger partial charge in [-0.1, -0.05) is 25.9 Å². The number of nitrogens with zero attached hydrogens (tertiary/aromatic N) is 1. The Morgan fingerprint density at radius 1 is 1.60 bits per heavy atom. The van der Waals surface area contributed by atoms with Crippen molar-refractivity contribution in [3.8, 4) is 0 Å². The molecule has 0 saturated heterocycles. The lowest BCUT2D eigenvalue weighted by atomic mass is 9.95. The zero-order chi connectivity index (χ0) is 8.43. The number of aromatic nitrogens is 1. The van der Waals surface area contributed by atoms with Gasteiger partial charge in [-0.25, -0.2) is 0 Å². The van der Waals surface area contributed by atoms with E-state index in [4.69, 9.17) is 1.37 Å². The lowest BCUT2D eigenvalue weighted by molar-refractivity contribution is 0.395. The van der Waals surface area contributed by atoms with Crippen molar-refractivity contribution in [2.45, 2.75) is 26.7 Å². The summed E-state index contributed by atoms with van der Waals surface area (Å²) in [6.07, 6.45) is 0.146. The van der Waals surface area contributed by atoms with Gasteiger partial charge in [-0.15, -0.1) is 0 Å². The summed E-state index contributed by atoms with van der Waals surface area (Å²) in [4.78, 5) is 0. The van der Waals surface area contributed by atoms with Crippen LogP contribution in [-0.4, -0.2) is 5.16 Å². The van der Waals surface area contributed by atoms with Gasteiger partial charge in [-0.3, -0.25) is 0 Å². The fourth-order valence-corrected chi connectivity index (χ4v) is 0.748. The van der Waals surface area contributed by atoms with Crippen molar-refractivity contribution in [1.29, 1.82) is 0 Å². The molecule has 1 unspecified atom stereocenters. The van der Waals surface area contributed by atoms with Crippen LogP contribution >= 0.6 is 0 Å². The van der Waals surface area contributed by atoms with E-state index in [9.17, 15) is 0 Å². The Balaban J connectivity index is 2.76. The van der Waals surface area contributed by atoms with Crippen LogP contribution < -0.4 is 0 Å². The van der Waals surface area contributed by atoms with Crippen molar-refractivity contribution in [1.82, 2.24) is 5.16 Å². The maximum Gasteiger partial charge on any atom is 0.124 e. The summed E-state index contributed by atoms with van der Waals surface area (Å²) in [5, 5.41) is 3.77. The van der Waals surface area contributed by atoms with Crippen molar-refractivity contribution in [3.05, 3.63) is 18.0 Å². The number of hydrogen-bond donors (Lipinski definition) is 0. The standard InChI is InChI=1S/C8H13NO/c1-6(2)7(3)8-4-5-10-9-8/h4-7H,1-3H3/i5D. The van der Waals surface area contributed by atoms with Gasteiger partial charge in [0.25, 0.3) is 0 Å². The highest BCUT2D eigenvalue weighted by Gasteiger charge is 2.11. The molecule has 1 aromatic heterocycles. The van der Waals surface area contributed by atoms with Crippen molar-refractivity contribution in [2.24, 2.45) is 5.92 Å². The van der Waals surface area contributed by atoms with E-state index in [-0.39, 0.29) is 6.24 Å². The maximum atomic E-state index is 7.12. The van der Waals surface area contributed by atoms with Crippen LogP contribution in [0.3, 0.4) is 0 Å². The van der Waals surface area contributed by atoms with Gasteiger partial charge in [0.05, 0.1) is 5.69 Å². The molecular weight excluding hydrogens is 126 g/mol. The minimum atomic E-state index is 0.146. The minimum Gasteiger partial charge on any atom is -0.365 e. The van der Waals surface area contributed by atoms with Gasteiger partial charge in [0, 0.05) is 12.0 Å². The molecule has 0 aliphatic heterocycles. The van der Waals surface area contributed by atoms with Crippen LogP contribution in [0.2, 0.25) is 0 Å². The highest BCUT2D eigenvalue weighted by Crippen LogP contribution is 2.20. The van der Waals surface area contributed by atoms with E-state index in [0.29, 0.717) is 11.8 Å². The molecule has 10 heavy (non-hydrogen) atoms. The molecule has 0 amide bonds. The highest BCUT2D eigenvalue weighted by molar-refractivity contribution is 5.02. The molecule has 2 heteroatoms. The number of rotatable bonds is 2. The molecule has 0 radical (unpaired) electrons. The third-order valence-electron chi connectivity index (χ3n) is 1.88. The summed E-state index contributed by atoms with van der Waals surface area (Å²) in [6.45, 7) is 6.34. The van der Waals surface area contributed by atoms with Crippen molar-refractivity contribution >= 4 is 0 Å². The Kier molecular flexibility index (Phi) is 1.70. The first-order chi connectivity index (χ1) is 5.11. The fraction of sp³-hybridized carbons (Fsp3) is 0.625. The van der Waals surface area contributed by atoms with Crippen molar-refractivity contribution < 1.29 is 5.89 Å². The van der Waals surface area contributed by atoms with Crippen LogP contribution in [0, 0.1) is 5.92 Å². The lowest BCUT2D eigenvalue weighted by Gasteiger charge is -2.10. The largest absolute Gasteiger partial charge is 0.365 e. The molecule has 2 nitrogen and oxygen atoms in total. The maximum absolute atomic E-state index is 7.12. The van der Waals surface area contributed by atoms with Crippen LogP contribution in [0.5, 0.6) is 0 Å². The van der Waals surface area contributed by atoms with E-state index < -0.39 is 0 Å². The first-order valence-corrected chi connectivity index (χ1v) is 3.54. The topological polar surface area (TPSA) is 26.0 Å². The summed E-state index contributed by atoms with van der Waals surface area (Å²) >= 11 is 0. The van der Waals surface area contributed by atoms with E-state index in [1.165, 1.54) is 0 Å². The SMILES string of the molecule is [2H]c1cc(C(C)C(C)C)no1. The van der Waals surface area contributed by atoms with Crippen LogP contribution in [0.1, 0.15) is 33.8 Å². The third kappa shape index (κ3) is 1.38. The molecular formula is C8H13NO. The van der Waals surface area contributed by atoms with Gasteiger partial charge in [0.15, 0.2) is 0 Å². The summed E-state index contributed by atoms with van der Waals surface area (Å²) in [6, 6.07) is 1.67. The Bertz CT molecular complexity index is 232. The normalized spacial score (nSPS) is 15.4. The summed E-state index contributed by atoms with van der Waals surface area (Å²) < 4.78 is 11.8. The number of hydrogen-bond acceptors (Lipinski definition) is 2. The predicted octanol–water partition coefficient (Wildman–Crippen LogP) is 2.43. The molecule has 0 aromatic carbocycles. The quantitative estimate of drug-likeness (QED) is 0.630.